The van der Waals surface area contributed by atoms with Crippen LogP contribution in [-0.2, 0) is 17.7 Å². The molecule has 0 saturated carbocycles. The zero-order chi connectivity index (χ0) is 17.9. The van der Waals surface area contributed by atoms with E-state index in [2.05, 4.69) is 18.5 Å². The summed E-state index contributed by atoms with van der Waals surface area (Å²) in [4.78, 5) is 14.1. The Hall–Kier alpha value is -1.56. The van der Waals surface area contributed by atoms with Gasteiger partial charge in [-0.3, -0.25) is 0 Å². The maximum Gasteiger partial charge on any atom is 0.410 e. The molecule has 0 fully saturated rings. The molecule has 3 N–H and O–H groups in total. The standard InChI is InChI=1S/C18H29N3O2S/c1-12(24-5)10-20-16-7-6-15(19)14-11-21(9-8-13(14)16)17(22)23-18(2,3)4/h6-7,12,20H,8-11,19H2,1-5H3. The molecule has 1 aromatic carbocycles. The first kappa shape index (κ1) is 18.8. The molecule has 0 spiro atoms. The number of nitrogens with two attached hydrogens (primary N) is 1. The molecule has 0 saturated heterocycles. The smallest absolute Gasteiger partial charge is 0.410 e. The molecule has 5 nitrogen and oxygen atoms in total. The molecule has 6 heteroatoms. The quantitative estimate of drug-likeness (QED) is 0.809. The van der Waals surface area contributed by atoms with Crippen LogP contribution in [0.3, 0.4) is 0 Å². The average Bonchev–Trinajstić information content (AvgIpc) is 2.52. The Morgan fingerprint density at radius 2 is 2.12 bits per heavy atom. The highest BCUT2D eigenvalue weighted by Gasteiger charge is 2.27. The van der Waals surface area contributed by atoms with E-state index in [9.17, 15) is 4.79 Å². The van der Waals surface area contributed by atoms with Gasteiger partial charge in [0, 0.05) is 29.7 Å². The lowest BCUT2D eigenvalue weighted by molar-refractivity contribution is 0.0224. The Bertz CT molecular complexity index is 599. The molecule has 1 amide bonds. The summed E-state index contributed by atoms with van der Waals surface area (Å²) in [6, 6.07) is 3.97. The van der Waals surface area contributed by atoms with Crippen molar-refractivity contribution in [3.8, 4) is 0 Å². The number of carbonyl (C=O) groups is 1. The Morgan fingerprint density at radius 3 is 2.75 bits per heavy atom. The number of hydrogen-bond acceptors (Lipinski definition) is 5. The van der Waals surface area contributed by atoms with E-state index in [1.165, 1.54) is 5.56 Å². The Balaban J connectivity index is 2.14. The monoisotopic (exact) mass is 351 g/mol. The number of carbonyl (C=O) groups excluding carboxylic acids is 1. The molecule has 1 atom stereocenters. The number of rotatable bonds is 4. The lowest BCUT2D eigenvalue weighted by atomic mass is 9.96. The van der Waals surface area contributed by atoms with Gasteiger partial charge < -0.3 is 20.7 Å². The molecule has 2 rings (SSSR count). The van der Waals surface area contributed by atoms with Crippen molar-refractivity contribution in [3.63, 3.8) is 0 Å². The van der Waals surface area contributed by atoms with E-state index in [-0.39, 0.29) is 6.09 Å². The van der Waals surface area contributed by atoms with Gasteiger partial charge in [-0.05, 0) is 56.7 Å². The van der Waals surface area contributed by atoms with Crippen LogP contribution in [-0.4, -0.2) is 41.2 Å². The molecule has 1 heterocycles. The molecule has 1 aromatic rings. The fourth-order valence-electron chi connectivity index (χ4n) is 2.68. The Labute approximate surface area is 149 Å². The molecule has 1 aliphatic rings. The zero-order valence-electron chi connectivity index (χ0n) is 15.3. The fourth-order valence-corrected chi connectivity index (χ4v) is 2.93. The molecule has 0 aliphatic carbocycles. The van der Waals surface area contributed by atoms with Crippen LogP contribution in [0.1, 0.15) is 38.8 Å². The minimum atomic E-state index is -0.486. The summed E-state index contributed by atoms with van der Waals surface area (Å²) in [5.41, 5.74) is 9.81. The van der Waals surface area contributed by atoms with Crippen LogP contribution in [0.15, 0.2) is 12.1 Å². The van der Waals surface area contributed by atoms with Crippen molar-refractivity contribution >= 4 is 29.2 Å². The van der Waals surface area contributed by atoms with Gasteiger partial charge in [0.1, 0.15) is 5.60 Å². The van der Waals surface area contributed by atoms with Crippen molar-refractivity contribution in [2.45, 2.75) is 51.5 Å². The summed E-state index contributed by atoms with van der Waals surface area (Å²) in [5, 5.41) is 4.06. The van der Waals surface area contributed by atoms with Crippen LogP contribution < -0.4 is 11.1 Å². The largest absolute Gasteiger partial charge is 0.444 e. The summed E-state index contributed by atoms with van der Waals surface area (Å²) < 4.78 is 5.48. The van der Waals surface area contributed by atoms with Crippen molar-refractivity contribution in [1.82, 2.24) is 4.90 Å². The number of benzene rings is 1. The number of fused-ring (bicyclic) bond motifs is 1. The van der Waals surface area contributed by atoms with Gasteiger partial charge >= 0.3 is 6.09 Å². The first-order chi connectivity index (χ1) is 11.2. The molecular formula is C18H29N3O2S. The summed E-state index contributed by atoms with van der Waals surface area (Å²) in [6.07, 6.45) is 2.63. The second kappa shape index (κ2) is 7.55. The van der Waals surface area contributed by atoms with Gasteiger partial charge in [-0.1, -0.05) is 6.92 Å². The van der Waals surface area contributed by atoms with Gasteiger partial charge in [0.15, 0.2) is 0 Å². The van der Waals surface area contributed by atoms with Crippen LogP contribution >= 0.6 is 11.8 Å². The van der Waals surface area contributed by atoms with Crippen LogP contribution in [0.5, 0.6) is 0 Å². The van der Waals surface area contributed by atoms with Crippen LogP contribution in [0.2, 0.25) is 0 Å². The molecule has 0 bridgehead atoms. The topological polar surface area (TPSA) is 67.6 Å². The molecule has 134 valence electrons. The number of ether oxygens (including phenoxy) is 1. The summed E-state index contributed by atoms with van der Waals surface area (Å²) in [6.45, 7) is 9.91. The highest BCUT2D eigenvalue weighted by molar-refractivity contribution is 7.99. The van der Waals surface area contributed by atoms with Gasteiger partial charge in [0.25, 0.3) is 0 Å². The number of amides is 1. The highest BCUT2D eigenvalue weighted by atomic mass is 32.2. The van der Waals surface area contributed by atoms with Crippen molar-refractivity contribution in [2.75, 3.05) is 30.4 Å². The first-order valence-corrected chi connectivity index (χ1v) is 9.65. The van der Waals surface area contributed by atoms with E-state index in [1.54, 1.807) is 4.90 Å². The van der Waals surface area contributed by atoms with E-state index in [1.807, 2.05) is 44.7 Å². The summed E-state index contributed by atoms with van der Waals surface area (Å²) in [7, 11) is 0. The predicted octanol–water partition coefficient (Wildman–Crippen LogP) is 3.73. The summed E-state index contributed by atoms with van der Waals surface area (Å²) >= 11 is 1.84. The molecule has 24 heavy (non-hydrogen) atoms. The van der Waals surface area contributed by atoms with Crippen molar-refractivity contribution in [2.24, 2.45) is 0 Å². The lowest BCUT2D eigenvalue weighted by Crippen LogP contribution is -2.40. The average molecular weight is 352 g/mol. The van der Waals surface area contributed by atoms with Crippen molar-refractivity contribution in [1.29, 1.82) is 0 Å². The van der Waals surface area contributed by atoms with E-state index in [0.717, 1.165) is 29.9 Å². The lowest BCUT2D eigenvalue weighted by Gasteiger charge is -2.33. The number of nitrogens with one attached hydrogen (secondary N) is 1. The Morgan fingerprint density at radius 1 is 1.42 bits per heavy atom. The minimum Gasteiger partial charge on any atom is -0.444 e. The van der Waals surface area contributed by atoms with E-state index in [4.69, 9.17) is 10.5 Å². The number of thioether (sulfide) groups is 1. The van der Waals surface area contributed by atoms with Gasteiger partial charge in [0.2, 0.25) is 0 Å². The van der Waals surface area contributed by atoms with Crippen LogP contribution in [0.25, 0.3) is 0 Å². The molecule has 1 unspecified atom stereocenters. The highest BCUT2D eigenvalue weighted by Crippen LogP contribution is 2.31. The molecule has 1 aliphatic heterocycles. The van der Waals surface area contributed by atoms with Gasteiger partial charge in [-0.15, -0.1) is 0 Å². The third-order valence-electron chi connectivity index (χ3n) is 4.08. The molecular weight excluding hydrogens is 322 g/mol. The third-order valence-corrected chi connectivity index (χ3v) is 5.05. The van der Waals surface area contributed by atoms with E-state index < -0.39 is 5.60 Å². The second-order valence-corrected chi connectivity index (χ2v) is 8.51. The van der Waals surface area contributed by atoms with E-state index in [0.29, 0.717) is 18.3 Å². The number of nitrogens with zero attached hydrogens (tertiary/aromatic N) is 1. The second-order valence-electron chi connectivity index (χ2n) is 7.24. The van der Waals surface area contributed by atoms with Gasteiger partial charge in [-0.25, -0.2) is 4.79 Å². The number of nitrogen functional groups attached to an aromatic ring is 1. The van der Waals surface area contributed by atoms with Crippen LogP contribution in [0.4, 0.5) is 16.2 Å². The molecule has 0 radical (unpaired) electrons. The van der Waals surface area contributed by atoms with Gasteiger partial charge in [-0.2, -0.15) is 11.8 Å². The SMILES string of the molecule is CSC(C)CNc1ccc(N)c2c1CCN(C(=O)OC(C)(C)C)C2. The number of anilines is 2. The zero-order valence-corrected chi connectivity index (χ0v) is 16.1. The van der Waals surface area contributed by atoms with Crippen molar-refractivity contribution < 1.29 is 9.53 Å². The van der Waals surface area contributed by atoms with E-state index >= 15 is 0 Å². The van der Waals surface area contributed by atoms with Gasteiger partial charge in [0.05, 0.1) is 6.54 Å². The number of hydrogen-bond donors (Lipinski definition) is 2. The Kier molecular flexibility index (Phi) is 5.91. The van der Waals surface area contributed by atoms with Crippen molar-refractivity contribution in [3.05, 3.63) is 23.3 Å². The fraction of sp³-hybridized carbons (Fsp3) is 0.611. The molecule has 0 aromatic heterocycles. The third kappa shape index (κ3) is 4.72. The maximum absolute atomic E-state index is 12.3. The normalized spacial score (nSPS) is 15.6. The maximum atomic E-state index is 12.3. The van der Waals surface area contributed by atoms with Crippen LogP contribution in [0, 0.1) is 0 Å². The summed E-state index contributed by atoms with van der Waals surface area (Å²) in [5.74, 6) is 0. The predicted molar refractivity (Wildman–Crippen MR) is 103 cm³/mol. The minimum absolute atomic E-state index is 0.276. The first-order valence-electron chi connectivity index (χ1n) is 8.36.